The normalized spacial score (nSPS) is 11.0. The van der Waals surface area contributed by atoms with Crippen LogP contribution in [-0.2, 0) is 12.3 Å². The van der Waals surface area contributed by atoms with E-state index in [0.717, 1.165) is 10.4 Å². The molecule has 0 fully saturated rings. The minimum atomic E-state index is -0.350. The molecule has 5 aromatic rings. The van der Waals surface area contributed by atoms with E-state index in [1.54, 1.807) is 41.2 Å². The summed E-state index contributed by atoms with van der Waals surface area (Å²) >= 11 is 2.96. The lowest BCUT2D eigenvalue weighted by atomic mass is 10.1. The van der Waals surface area contributed by atoms with Crippen LogP contribution >= 0.6 is 23.1 Å². The van der Waals surface area contributed by atoms with Gasteiger partial charge in [-0.15, -0.1) is 21.5 Å². The first-order chi connectivity index (χ1) is 16.7. The molecule has 0 bridgehead atoms. The molecule has 9 heteroatoms. The van der Waals surface area contributed by atoms with Crippen LogP contribution in [-0.4, -0.2) is 20.7 Å². The number of amides is 1. The molecule has 0 aliphatic heterocycles. The van der Waals surface area contributed by atoms with Gasteiger partial charge >= 0.3 is 0 Å². The molecular formula is C25H19FN4O2S2. The quantitative estimate of drug-likeness (QED) is 0.272. The maximum atomic E-state index is 14.7. The highest BCUT2D eigenvalue weighted by Gasteiger charge is 2.19. The minimum absolute atomic E-state index is 0.183. The summed E-state index contributed by atoms with van der Waals surface area (Å²) in [7, 11) is 0. The van der Waals surface area contributed by atoms with Gasteiger partial charge in [0.05, 0.1) is 23.4 Å². The van der Waals surface area contributed by atoms with Crippen molar-refractivity contribution in [1.29, 1.82) is 0 Å². The van der Waals surface area contributed by atoms with E-state index in [9.17, 15) is 9.18 Å². The number of nitrogens with one attached hydrogen (secondary N) is 1. The van der Waals surface area contributed by atoms with Crippen molar-refractivity contribution in [2.75, 3.05) is 0 Å². The topological polar surface area (TPSA) is 73.0 Å². The number of benzene rings is 2. The summed E-state index contributed by atoms with van der Waals surface area (Å²) < 4.78 is 21.7. The van der Waals surface area contributed by atoms with Crippen LogP contribution in [0.1, 0.15) is 21.7 Å². The molecule has 0 unspecified atom stereocenters. The summed E-state index contributed by atoms with van der Waals surface area (Å²) in [5.41, 5.74) is 1.89. The highest BCUT2D eigenvalue weighted by Crippen LogP contribution is 2.32. The van der Waals surface area contributed by atoms with E-state index < -0.39 is 0 Å². The molecule has 5 rings (SSSR count). The summed E-state index contributed by atoms with van der Waals surface area (Å²) in [6.45, 7) is 0.321. The van der Waals surface area contributed by atoms with Gasteiger partial charge in [-0.1, -0.05) is 42.1 Å². The Labute approximate surface area is 203 Å². The van der Waals surface area contributed by atoms with Gasteiger partial charge in [-0.05, 0) is 53.4 Å². The Kier molecular flexibility index (Phi) is 6.55. The molecule has 0 radical (unpaired) electrons. The van der Waals surface area contributed by atoms with Gasteiger partial charge in [0, 0.05) is 11.3 Å². The first kappa shape index (κ1) is 22.1. The Balaban J connectivity index is 1.36. The Morgan fingerprint density at radius 1 is 1.06 bits per heavy atom. The van der Waals surface area contributed by atoms with E-state index in [2.05, 4.69) is 15.5 Å². The van der Waals surface area contributed by atoms with Crippen LogP contribution in [0.25, 0.3) is 16.4 Å². The lowest BCUT2D eigenvalue weighted by Crippen LogP contribution is -2.22. The van der Waals surface area contributed by atoms with Gasteiger partial charge < -0.3 is 9.73 Å². The van der Waals surface area contributed by atoms with Crippen molar-refractivity contribution in [2.24, 2.45) is 0 Å². The Hall–Kier alpha value is -3.69. The number of halogens is 1. The molecule has 0 saturated carbocycles. The fourth-order valence-corrected chi connectivity index (χ4v) is 5.00. The third kappa shape index (κ3) is 4.80. The van der Waals surface area contributed by atoms with Crippen molar-refractivity contribution >= 4 is 29.0 Å². The van der Waals surface area contributed by atoms with E-state index >= 15 is 0 Å². The Bertz CT molecular complexity index is 1400. The molecule has 0 spiro atoms. The molecule has 0 aliphatic rings. The van der Waals surface area contributed by atoms with E-state index in [1.165, 1.54) is 29.2 Å². The second-order valence-corrected chi connectivity index (χ2v) is 9.21. The van der Waals surface area contributed by atoms with Crippen LogP contribution in [0.5, 0.6) is 0 Å². The number of para-hydroxylation sites is 1. The number of carbonyl (C=O) groups is 1. The van der Waals surface area contributed by atoms with Crippen LogP contribution in [0.2, 0.25) is 0 Å². The molecule has 0 saturated heterocycles. The van der Waals surface area contributed by atoms with Crippen LogP contribution in [0.15, 0.2) is 94.0 Å². The first-order valence-corrected chi connectivity index (χ1v) is 12.3. The molecule has 2 aromatic carbocycles. The van der Waals surface area contributed by atoms with E-state index in [-0.39, 0.29) is 11.7 Å². The molecule has 34 heavy (non-hydrogen) atoms. The maximum Gasteiger partial charge on any atom is 0.251 e. The number of furan rings is 1. The number of hydrogen-bond acceptors (Lipinski definition) is 6. The van der Waals surface area contributed by atoms with Crippen molar-refractivity contribution in [3.05, 3.63) is 107 Å². The lowest BCUT2D eigenvalue weighted by molar-refractivity contribution is 0.0948. The summed E-state index contributed by atoms with van der Waals surface area (Å²) in [6.07, 6.45) is 1.57. The predicted octanol–water partition coefficient (Wildman–Crippen LogP) is 5.95. The van der Waals surface area contributed by atoms with E-state index in [0.29, 0.717) is 40.3 Å². The summed E-state index contributed by atoms with van der Waals surface area (Å²) in [5.74, 6) is 1.29. The van der Waals surface area contributed by atoms with Crippen molar-refractivity contribution in [3.8, 4) is 16.4 Å². The third-order valence-electron chi connectivity index (χ3n) is 5.03. The molecule has 170 valence electrons. The zero-order chi connectivity index (χ0) is 23.3. The molecule has 3 aromatic heterocycles. The highest BCUT2D eigenvalue weighted by atomic mass is 32.2. The standard InChI is InChI=1S/C25H19FN4O2S2/c26-20-9-1-2-10-21(20)30-23(22-11-5-13-33-22)28-29-25(30)34-16-17-6-3-7-18(14-17)24(31)27-15-19-8-4-12-32-19/h1-14H,15-16H2,(H,27,31). The molecule has 0 atom stereocenters. The zero-order valence-electron chi connectivity index (χ0n) is 17.8. The van der Waals surface area contributed by atoms with Crippen molar-refractivity contribution in [2.45, 2.75) is 17.5 Å². The van der Waals surface area contributed by atoms with Crippen LogP contribution in [0, 0.1) is 5.82 Å². The fourth-order valence-electron chi connectivity index (χ4n) is 3.41. The van der Waals surface area contributed by atoms with E-state index in [4.69, 9.17) is 4.42 Å². The second-order valence-electron chi connectivity index (χ2n) is 7.32. The monoisotopic (exact) mass is 490 g/mol. The van der Waals surface area contributed by atoms with Crippen molar-refractivity contribution in [1.82, 2.24) is 20.1 Å². The SMILES string of the molecule is O=C(NCc1ccco1)c1cccc(CSc2nnc(-c3cccs3)n2-c2ccccc2F)c1. The number of carbonyl (C=O) groups excluding carboxylic acids is 1. The van der Waals surface area contributed by atoms with Gasteiger partial charge in [0.15, 0.2) is 11.0 Å². The molecule has 6 nitrogen and oxygen atoms in total. The van der Waals surface area contributed by atoms with E-state index in [1.807, 2.05) is 41.8 Å². The highest BCUT2D eigenvalue weighted by molar-refractivity contribution is 7.98. The van der Waals surface area contributed by atoms with Gasteiger partial charge in [-0.3, -0.25) is 9.36 Å². The average Bonchev–Trinajstić information content (AvgIpc) is 3.64. The van der Waals surface area contributed by atoms with Gasteiger partial charge in [0.2, 0.25) is 0 Å². The maximum absolute atomic E-state index is 14.7. The number of aromatic nitrogens is 3. The van der Waals surface area contributed by atoms with Gasteiger partial charge in [-0.2, -0.15) is 0 Å². The number of thiophene rings is 1. The third-order valence-corrected chi connectivity index (χ3v) is 6.89. The number of hydrogen-bond donors (Lipinski definition) is 1. The predicted molar refractivity (Wildman–Crippen MR) is 131 cm³/mol. The average molecular weight is 491 g/mol. The number of thioether (sulfide) groups is 1. The number of rotatable bonds is 8. The Morgan fingerprint density at radius 2 is 1.97 bits per heavy atom. The molecule has 1 amide bonds. The van der Waals surface area contributed by atoms with Crippen molar-refractivity contribution in [3.63, 3.8) is 0 Å². The zero-order valence-corrected chi connectivity index (χ0v) is 19.5. The smallest absolute Gasteiger partial charge is 0.251 e. The number of nitrogens with zero attached hydrogens (tertiary/aromatic N) is 3. The van der Waals surface area contributed by atoms with Gasteiger partial charge in [0.1, 0.15) is 11.6 Å². The minimum Gasteiger partial charge on any atom is -0.467 e. The summed E-state index contributed by atoms with van der Waals surface area (Å²) in [4.78, 5) is 13.5. The summed E-state index contributed by atoms with van der Waals surface area (Å²) in [6, 6.07) is 21.4. The fraction of sp³-hybridized carbons (Fsp3) is 0.0800. The molecular weight excluding hydrogens is 471 g/mol. The van der Waals surface area contributed by atoms with Crippen LogP contribution in [0.3, 0.4) is 0 Å². The molecule has 3 heterocycles. The Morgan fingerprint density at radius 3 is 2.76 bits per heavy atom. The molecule has 0 aliphatic carbocycles. The summed E-state index contributed by atoms with van der Waals surface area (Å²) in [5, 5.41) is 14.1. The molecule has 1 N–H and O–H groups in total. The second kappa shape index (κ2) is 10.1. The van der Waals surface area contributed by atoms with Crippen LogP contribution in [0.4, 0.5) is 4.39 Å². The van der Waals surface area contributed by atoms with Gasteiger partial charge in [0.25, 0.3) is 5.91 Å². The van der Waals surface area contributed by atoms with Crippen molar-refractivity contribution < 1.29 is 13.6 Å². The largest absolute Gasteiger partial charge is 0.467 e. The first-order valence-electron chi connectivity index (χ1n) is 10.5. The lowest BCUT2D eigenvalue weighted by Gasteiger charge is -2.11. The van der Waals surface area contributed by atoms with Gasteiger partial charge in [-0.25, -0.2) is 4.39 Å². The van der Waals surface area contributed by atoms with Crippen LogP contribution < -0.4 is 5.32 Å².